The van der Waals surface area contributed by atoms with E-state index in [9.17, 15) is 39.5 Å². The Morgan fingerprint density at radius 1 is 0.424 bits per heavy atom. The second-order valence-corrected chi connectivity index (χ2v) is 15.5. The van der Waals surface area contributed by atoms with Gasteiger partial charge in [0.25, 0.3) is 0 Å². The number of halogens is 3. The van der Waals surface area contributed by atoms with Crippen LogP contribution in [0.3, 0.4) is 0 Å². The number of alkyl halides is 3. The molecular formula is C55H25F3N8. The molecule has 11 heteroatoms. The number of nitriles is 5. The number of benzene rings is 8. The molecule has 2 aromatic heterocycles. The van der Waals surface area contributed by atoms with Gasteiger partial charge in [0.05, 0.1) is 92.1 Å². The number of para-hydroxylation sites is 2. The van der Waals surface area contributed by atoms with Gasteiger partial charge in [-0.15, -0.1) is 0 Å². The van der Waals surface area contributed by atoms with Crippen molar-refractivity contribution in [2.75, 3.05) is 0 Å². The first kappa shape index (κ1) is 40.2. The van der Waals surface area contributed by atoms with E-state index >= 15 is 0 Å². The van der Waals surface area contributed by atoms with Crippen molar-refractivity contribution in [1.29, 1.82) is 26.3 Å². The SMILES string of the molecule is [C-]#[N+]c1ccc(-c2ccc3c4ccccc4n(-c4cc(C#N)c(-n5c6ccccc6c6ccc(-c7ccc(C#N)cc7C#N)cc65)cc4-c4ccc(C(F)(F)F)cc4C#N)c3c2)c(C#N)c1. The van der Waals surface area contributed by atoms with Crippen LogP contribution in [0.15, 0.2) is 152 Å². The van der Waals surface area contributed by atoms with Crippen LogP contribution in [0, 0.1) is 63.2 Å². The molecule has 0 spiro atoms. The quantitative estimate of drug-likeness (QED) is 0.159. The van der Waals surface area contributed by atoms with Gasteiger partial charge < -0.3 is 9.13 Å². The normalized spacial score (nSPS) is 11.2. The van der Waals surface area contributed by atoms with E-state index in [1.165, 1.54) is 18.2 Å². The second kappa shape index (κ2) is 15.5. The van der Waals surface area contributed by atoms with E-state index < -0.39 is 11.7 Å². The van der Waals surface area contributed by atoms with E-state index in [0.29, 0.717) is 83.6 Å². The number of rotatable bonds is 5. The molecule has 0 radical (unpaired) electrons. The summed E-state index contributed by atoms with van der Waals surface area (Å²) in [5.74, 6) is 0. The zero-order valence-electron chi connectivity index (χ0n) is 34.1. The molecule has 0 unspecified atom stereocenters. The summed E-state index contributed by atoms with van der Waals surface area (Å²) < 4.78 is 46.5. The number of hydrogen-bond donors (Lipinski definition) is 0. The predicted molar refractivity (Wildman–Crippen MR) is 246 cm³/mol. The fourth-order valence-electron chi connectivity index (χ4n) is 9.00. The maximum absolute atomic E-state index is 14.2. The predicted octanol–water partition coefficient (Wildman–Crippen LogP) is 13.8. The van der Waals surface area contributed by atoms with E-state index in [1.54, 1.807) is 36.4 Å². The molecule has 0 fully saturated rings. The lowest BCUT2D eigenvalue weighted by molar-refractivity contribution is -0.137. The van der Waals surface area contributed by atoms with Gasteiger partial charge in [-0.1, -0.05) is 84.9 Å². The van der Waals surface area contributed by atoms with Crippen LogP contribution in [-0.4, -0.2) is 9.13 Å². The molecule has 0 aliphatic heterocycles. The van der Waals surface area contributed by atoms with Gasteiger partial charge in [0, 0.05) is 38.2 Å². The molecule has 0 saturated heterocycles. The van der Waals surface area contributed by atoms with Gasteiger partial charge in [-0.3, -0.25) is 0 Å². The topological polar surface area (TPSA) is 133 Å². The number of nitrogens with zero attached hydrogens (tertiary/aromatic N) is 8. The van der Waals surface area contributed by atoms with Crippen molar-refractivity contribution in [3.8, 4) is 75.1 Å². The van der Waals surface area contributed by atoms with E-state index in [0.717, 1.165) is 33.7 Å². The molecule has 0 saturated carbocycles. The van der Waals surface area contributed by atoms with Gasteiger partial charge in [0.15, 0.2) is 5.69 Å². The first-order valence-electron chi connectivity index (χ1n) is 20.2. The van der Waals surface area contributed by atoms with Crippen molar-refractivity contribution >= 4 is 49.3 Å². The first-order chi connectivity index (χ1) is 32.1. The van der Waals surface area contributed by atoms with Crippen LogP contribution in [-0.2, 0) is 6.18 Å². The molecule has 0 aliphatic rings. The molecule has 0 aliphatic carbocycles. The van der Waals surface area contributed by atoms with Gasteiger partial charge in [-0.25, -0.2) is 4.85 Å². The van der Waals surface area contributed by atoms with E-state index in [4.69, 9.17) is 6.57 Å². The summed E-state index contributed by atoms with van der Waals surface area (Å²) in [4.78, 5) is 3.48. The Hall–Kier alpha value is -9.91. The molecule has 8 aromatic carbocycles. The minimum atomic E-state index is -4.73. The van der Waals surface area contributed by atoms with Crippen molar-refractivity contribution in [3.63, 3.8) is 0 Å². The van der Waals surface area contributed by atoms with Crippen molar-refractivity contribution in [2.24, 2.45) is 0 Å². The van der Waals surface area contributed by atoms with Crippen LogP contribution in [0.5, 0.6) is 0 Å². The molecule has 66 heavy (non-hydrogen) atoms. The van der Waals surface area contributed by atoms with Crippen LogP contribution in [0.25, 0.3) is 93.2 Å². The maximum Gasteiger partial charge on any atom is 0.416 e. The Bertz CT molecular complexity index is 4020. The average molecular weight is 855 g/mol. The van der Waals surface area contributed by atoms with Gasteiger partial charge >= 0.3 is 6.18 Å². The third-order valence-corrected chi connectivity index (χ3v) is 12.0. The summed E-state index contributed by atoms with van der Waals surface area (Å²) in [6.07, 6.45) is -4.73. The highest BCUT2D eigenvalue weighted by Gasteiger charge is 2.32. The van der Waals surface area contributed by atoms with Crippen molar-refractivity contribution in [3.05, 3.63) is 196 Å². The molecule has 0 bridgehead atoms. The lowest BCUT2D eigenvalue weighted by Gasteiger charge is -2.20. The van der Waals surface area contributed by atoms with Crippen molar-refractivity contribution in [2.45, 2.75) is 6.18 Å². The summed E-state index contributed by atoms with van der Waals surface area (Å²) >= 11 is 0. The Morgan fingerprint density at radius 2 is 0.939 bits per heavy atom. The molecule has 306 valence electrons. The highest BCUT2D eigenvalue weighted by atomic mass is 19.4. The highest BCUT2D eigenvalue weighted by Crippen LogP contribution is 2.44. The minimum Gasteiger partial charge on any atom is -0.309 e. The van der Waals surface area contributed by atoms with Crippen LogP contribution < -0.4 is 0 Å². The van der Waals surface area contributed by atoms with Crippen LogP contribution >= 0.6 is 0 Å². The van der Waals surface area contributed by atoms with Crippen LogP contribution in [0.1, 0.15) is 33.4 Å². The zero-order chi connectivity index (χ0) is 45.9. The molecule has 0 atom stereocenters. The van der Waals surface area contributed by atoms with Gasteiger partial charge in [0.2, 0.25) is 0 Å². The molecule has 8 nitrogen and oxygen atoms in total. The minimum absolute atomic E-state index is 0.188. The molecular weight excluding hydrogens is 830 g/mol. The highest BCUT2D eigenvalue weighted by molar-refractivity contribution is 6.12. The van der Waals surface area contributed by atoms with Gasteiger partial charge in [0.1, 0.15) is 6.07 Å². The lowest BCUT2D eigenvalue weighted by atomic mass is 9.94. The molecule has 10 rings (SSSR count). The van der Waals surface area contributed by atoms with Crippen molar-refractivity contribution in [1.82, 2.24) is 9.13 Å². The first-order valence-corrected chi connectivity index (χ1v) is 20.2. The number of fused-ring (bicyclic) bond motifs is 6. The van der Waals surface area contributed by atoms with Gasteiger partial charge in [-0.2, -0.15) is 39.5 Å². The molecule has 10 aromatic rings. The fourth-order valence-corrected chi connectivity index (χ4v) is 9.00. The van der Waals surface area contributed by atoms with Crippen LogP contribution in [0.2, 0.25) is 0 Å². The largest absolute Gasteiger partial charge is 0.416 e. The van der Waals surface area contributed by atoms with E-state index in [-0.39, 0.29) is 16.7 Å². The number of hydrogen-bond acceptors (Lipinski definition) is 5. The van der Waals surface area contributed by atoms with Gasteiger partial charge in [-0.05, 0) is 89.0 Å². The van der Waals surface area contributed by atoms with Crippen molar-refractivity contribution < 1.29 is 13.2 Å². The van der Waals surface area contributed by atoms with E-state index in [1.807, 2.05) is 100 Å². The smallest absolute Gasteiger partial charge is 0.309 e. The molecule has 2 heterocycles. The standard InChI is InChI=1S/C55H25F3N8/c1-64-40-14-19-42(37(22-40)30-62)34-12-17-47-45-7-3-5-9-50(45)66(53(47)24-34)54-25-38(31-63)51(26-48(54)43-18-13-39(55(56,57)58)21-36(43)29-61)65-49-8-4-2-6-44(49)46-16-11-33(23-52(46)65)41-15-10-32(27-59)20-35(41)28-60/h2-26H. The summed E-state index contributed by atoms with van der Waals surface area (Å²) in [5.41, 5.74) is 6.74. The Balaban J connectivity index is 1.32. The fraction of sp³-hybridized carbons (Fsp3) is 0.0182. The molecule has 0 amide bonds. The zero-order valence-corrected chi connectivity index (χ0v) is 34.1. The summed E-state index contributed by atoms with van der Waals surface area (Å²) in [6, 6.07) is 53.7. The average Bonchev–Trinajstić information content (AvgIpc) is 3.86. The Morgan fingerprint density at radius 3 is 1.50 bits per heavy atom. The monoisotopic (exact) mass is 854 g/mol. The van der Waals surface area contributed by atoms with Crippen LogP contribution in [0.4, 0.5) is 18.9 Å². The Kier molecular flexibility index (Phi) is 9.41. The third-order valence-electron chi connectivity index (χ3n) is 12.0. The summed E-state index contributed by atoms with van der Waals surface area (Å²) in [7, 11) is 0. The molecule has 0 N–H and O–H groups in total. The lowest BCUT2D eigenvalue weighted by Crippen LogP contribution is -2.07. The summed E-state index contributed by atoms with van der Waals surface area (Å²) in [6.45, 7) is 7.48. The third kappa shape index (κ3) is 6.34. The second-order valence-electron chi connectivity index (χ2n) is 15.5. The number of aromatic nitrogens is 2. The Labute approximate surface area is 374 Å². The summed E-state index contributed by atoms with van der Waals surface area (Å²) in [5, 5.41) is 54.8. The van der Waals surface area contributed by atoms with E-state index in [2.05, 4.69) is 29.1 Å². The maximum atomic E-state index is 14.2.